The highest BCUT2D eigenvalue weighted by Crippen LogP contribution is 2.24. The van der Waals surface area contributed by atoms with E-state index in [9.17, 15) is 13.2 Å². The molecule has 2 aliphatic rings. The first-order chi connectivity index (χ1) is 12.8. The van der Waals surface area contributed by atoms with Crippen LogP contribution in [0.1, 0.15) is 37.0 Å². The van der Waals surface area contributed by atoms with Crippen molar-refractivity contribution in [2.75, 3.05) is 33.2 Å². The molecule has 0 saturated carbocycles. The van der Waals surface area contributed by atoms with Crippen molar-refractivity contribution in [3.8, 4) is 0 Å². The highest BCUT2D eigenvalue weighted by molar-refractivity contribution is 7.89. The summed E-state index contributed by atoms with van der Waals surface area (Å²) >= 11 is 0. The zero-order valence-electron chi connectivity index (χ0n) is 16.2. The molecular formula is C19H29N3O4S. The van der Waals surface area contributed by atoms with E-state index in [1.165, 1.54) is 10.4 Å². The van der Waals surface area contributed by atoms with Crippen molar-refractivity contribution in [3.63, 3.8) is 0 Å². The Morgan fingerprint density at radius 1 is 1.26 bits per heavy atom. The topological polar surface area (TPSA) is 79.0 Å². The number of nitrogens with zero attached hydrogens (tertiary/aromatic N) is 2. The van der Waals surface area contributed by atoms with Gasteiger partial charge in [0.15, 0.2) is 0 Å². The quantitative estimate of drug-likeness (QED) is 0.813. The van der Waals surface area contributed by atoms with Crippen molar-refractivity contribution in [2.45, 2.75) is 49.8 Å². The number of benzene rings is 1. The summed E-state index contributed by atoms with van der Waals surface area (Å²) < 4.78 is 33.2. The lowest BCUT2D eigenvalue weighted by Crippen LogP contribution is -2.48. The van der Waals surface area contributed by atoms with E-state index in [2.05, 4.69) is 5.32 Å². The van der Waals surface area contributed by atoms with Gasteiger partial charge in [-0.1, -0.05) is 6.07 Å². The monoisotopic (exact) mass is 395 g/mol. The van der Waals surface area contributed by atoms with Gasteiger partial charge in [-0.2, -0.15) is 4.31 Å². The second kappa shape index (κ2) is 8.26. The van der Waals surface area contributed by atoms with Crippen molar-refractivity contribution in [1.82, 2.24) is 14.5 Å². The fourth-order valence-electron chi connectivity index (χ4n) is 3.98. The zero-order chi connectivity index (χ0) is 19.6. The van der Waals surface area contributed by atoms with E-state index in [1.54, 1.807) is 18.2 Å². The molecule has 0 radical (unpaired) electrons. The maximum Gasteiger partial charge on any atom is 0.254 e. The molecule has 1 aromatic carbocycles. The van der Waals surface area contributed by atoms with Crippen LogP contribution in [-0.4, -0.2) is 75.0 Å². The predicted molar refractivity (Wildman–Crippen MR) is 103 cm³/mol. The van der Waals surface area contributed by atoms with Gasteiger partial charge in [-0.05, 0) is 51.9 Å². The molecule has 0 aromatic heterocycles. The smallest absolute Gasteiger partial charge is 0.254 e. The van der Waals surface area contributed by atoms with Gasteiger partial charge in [0.1, 0.15) is 0 Å². The largest absolute Gasteiger partial charge is 0.373 e. The predicted octanol–water partition coefficient (Wildman–Crippen LogP) is 1.31. The van der Waals surface area contributed by atoms with Crippen LogP contribution < -0.4 is 5.32 Å². The first kappa shape index (κ1) is 20.3. The van der Waals surface area contributed by atoms with Crippen LogP contribution in [0.25, 0.3) is 0 Å². The van der Waals surface area contributed by atoms with Crippen LogP contribution in [0.4, 0.5) is 0 Å². The lowest BCUT2D eigenvalue weighted by Gasteiger charge is -2.34. The highest BCUT2D eigenvalue weighted by atomic mass is 32.2. The maximum atomic E-state index is 13.1. The summed E-state index contributed by atoms with van der Waals surface area (Å²) in [6, 6.07) is 6.57. The number of rotatable bonds is 5. The van der Waals surface area contributed by atoms with E-state index >= 15 is 0 Å². The zero-order valence-corrected chi connectivity index (χ0v) is 17.0. The second-order valence-electron chi connectivity index (χ2n) is 7.46. The van der Waals surface area contributed by atoms with Crippen LogP contribution in [0.2, 0.25) is 0 Å². The minimum absolute atomic E-state index is 0.103. The molecule has 0 bridgehead atoms. The summed E-state index contributed by atoms with van der Waals surface area (Å²) in [5, 5.41) is 3.12. The molecule has 2 aliphatic heterocycles. The SMILES string of the molecule is CNCC1CCCN1C(=O)c1cccc(S(=O)(=O)N2CC(C)OC(C)C2)c1. The number of hydrogen-bond acceptors (Lipinski definition) is 5. The van der Waals surface area contributed by atoms with Crippen molar-refractivity contribution < 1.29 is 17.9 Å². The Morgan fingerprint density at radius 2 is 1.96 bits per heavy atom. The van der Waals surface area contributed by atoms with Crippen LogP contribution in [0.15, 0.2) is 29.2 Å². The molecule has 3 atom stereocenters. The number of hydrogen-bond donors (Lipinski definition) is 1. The average molecular weight is 396 g/mol. The van der Waals surface area contributed by atoms with Gasteiger partial charge in [0.05, 0.1) is 17.1 Å². The first-order valence-electron chi connectivity index (χ1n) is 9.54. The van der Waals surface area contributed by atoms with Crippen LogP contribution in [0.3, 0.4) is 0 Å². The Balaban J connectivity index is 1.83. The van der Waals surface area contributed by atoms with Gasteiger partial charge in [-0.3, -0.25) is 4.79 Å². The van der Waals surface area contributed by atoms with Crippen molar-refractivity contribution >= 4 is 15.9 Å². The molecule has 2 fully saturated rings. The molecule has 0 aliphatic carbocycles. The molecule has 1 aromatic rings. The number of carbonyl (C=O) groups excluding carboxylic acids is 1. The Morgan fingerprint density at radius 3 is 2.63 bits per heavy atom. The number of likely N-dealkylation sites (N-methyl/N-ethyl adjacent to an activating group) is 1. The third-order valence-corrected chi connectivity index (χ3v) is 7.01. The molecule has 3 unspecified atom stereocenters. The normalized spacial score (nSPS) is 27.1. The Hall–Kier alpha value is -1.48. The highest BCUT2D eigenvalue weighted by Gasteiger charge is 2.33. The second-order valence-corrected chi connectivity index (χ2v) is 9.40. The molecule has 3 rings (SSSR count). The third kappa shape index (κ3) is 4.34. The summed E-state index contributed by atoms with van der Waals surface area (Å²) in [4.78, 5) is 15.0. The van der Waals surface area contributed by atoms with E-state index in [0.29, 0.717) is 25.2 Å². The molecule has 1 amide bonds. The summed E-state index contributed by atoms with van der Waals surface area (Å²) in [5.41, 5.74) is 0.424. The van der Waals surface area contributed by atoms with Crippen molar-refractivity contribution in [3.05, 3.63) is 29.8 Å². The van der Waals surface area contributed by atoms with E-state index in [0.717, 1.165) is 19.4 Å². The number of nitrogens with one attached hydrogen (secondary N) is 1. The van der Waals surface area contributed by atoms with Gasteiger partial charge >= 0.3 is 0 Å². The van der Waals surface area contributed by atoms with E-state index < -0.39 is 10.0 Å². The Kier molecular flexibility index (Phi) is 6.20. The minimum Gasteiger partial charge on any atom is -0.373 e. The molecule has 7 nitrogen and oxygen atoms in total. The molecule has 1 N–H and O–H groups in total. The van der Waals surface area contributed by atoms with Crippen LogP contribution >= 0.6 is 0 Å². The molecular weight excluding hydrogens is 366 g/mol. The Bertz CT molecular complexity index is 773. The number of amides is 1. The van der Waals surface area contributed by atoms with Gasteiger partial charge in [0.2, 0.25) is 10.0 Å². The van der Waals surface area contributed by atoms with Gasteiger partial charge < -0.3 is 15.0 Å². The van der Waals surface area contributed by atoms with Crippen LogP contribution in [0.5, 0.6) is 0 Å². The summed E-state index contributed by atoms with van der Waals surface area (Å²) in [6.07, 6.45) is 1.63. The number of sulfonamides is 1. The van der Waals surface area contributed by atoms with E-state index in [-0.39, 0.29) is 29.1 Å². The maximum absolute atomic E-state index is 13.1. The minimum atomic E-state index is -3.66. The van der Waals surface area contributed by atoms with Crippen molar-refractivity contribution in [2.24, 2.45) is 0 Å². The average Bonchev–Trinajstić information content (AvgIpc) is 3.09. The van der Waals surface area contributed by atoms with E-state index in [1.807, 2.05) is 25.8 Å². The van der Waals surface area contributed by atoms with Gasteiger partial charge in [0.25, 0.3) is 5.91 Å². The molecule has 2 saturated heterocycles. The molecule has 8 heteroatoms. The summed E-state index contributed by atoms with van der Waals surface area (Å²) in [5.74, 6) is -0.103. The van der Waals surface area contributed by atoms with E-state index in [4.69, 9.17) is 4.74 Å². The molecule has 27 heavy (non-hydrogen) atoms. The van der Waals surface area contributed by atoms with Gasteiger partial charge in [-0.15, -0.1) is 0 Å². The third-order valence-electron chi connectivity index (χ3n) is 5.18. The molecule has 2 heterocycles. The standard InChI is InChI=1S/C19H29N3O4S/c1-14-12-21(13-15(2)26-14)27(24,25)18-8-4-6-16(10-18)19(23)22-9-5-7-17(22)11-20-3/h4,6,8,10,14-15,17,20H,5,7,9,11-13H2,1-3H3. The van der Waals surface area contributed by atoms with Crippen molar-refractivity contribution in [1.29, 1.82) is 0 Å². The lowest BCUT2D eigenvalue weighted by molar-refractivity contribution is -0.0440. The number of likely N-dealkylation sites (tertiary alicyclic amines) is 1. The number of morpholine rings is 1. The van der Waals surface area contributed by atoms with Crippen LogP contribution in [-0.2, 0) is 14.8 Å². The fourth-order valence-corrected chi connectivity index (χ4v) is 5.62. The van der Waals surface area contributed by atoms with Gasteiger partial charge in [-0.25, -0.2) is 8.42 Å². The molecule has 150 valence electrons. The van der Waals surface area contributed by atoms with Gasteiger partial charge in [0, 0.05) is 37.8 Å². The Labute approximate surface area is 161 Å². The molecule has 0 spiro atoms. The summed E-state index contributed by atoms with van der Waals surface area (Å²) in [6.45, 7) is 5.83. The lowest BCUT2D eigenvalue weighted by atomic mass is 10.1. The first-order valence-corrected chi connectivity index (χ1v) is 11.0. The fraction of sp³-hybridized carbons (Fsp3) is 0.632. The summed E-state index contributed by atoms with van der Waals surface area (Å²) in [7, 11) is -1.79. The van der Waals surface area contributed by atoms with Crippen LogP contribution in [0, 0.1) is 0 Å². The number of ether oxygens (including phenoxy) is 1. The number of carbonyl (C=O) groups is 1.